The molecular weight excluding hydrogens is 306 g/mol. The van der Waals surface area contributed by atoms with Crippen molar-refractivity contribution < 1.29 is 19.0 Å². The second kappa shape index (κ2) is 8.80. The Morgan fingerprint density at radius 3 is 2.82 bits per heavy atom. The average molecular weight is 326 g/mol. The topological polar surface area (TPSA) is 63.9 Å². The van der Waals surface area contributed by atoms with E-state index in [1.54, 1.807) is 7.11 Å². The third-order valence-corrected chi connectivity index (χ3v) is 3.35. The van der Waals surface area contributed by atoms with Crippen LogP contribution in [-0.2, 0) is 11.3 Å². The van der Waals surface area contributed by atoms with Crippen molar-refractivity contribution in [2.45, 2.75) is 6.54 Å². The van der Waals surface area contributed by atoms with Crippen molar-refractivity contribution in [1.29, 1.82) is 0 Å². The summed E-state index contributed by atoms with van der Waals surface area (Å²) in [6, 6.07) is 9.38. The van der Waals surface area contributed by atoms with Crippen molar-refractivity contribution in [2.75, 3.05) is 33.5 Å². The van der Waals surface area contributed by atoms with Crippen molar-refractivity contribution in [3.8, 4) is 17.1 Å². The van der Waals surface area contributed by atoms with Gasteiger partial charge >= 0.3 is 0 Å². The van der Waals surface area contributed by atoms with Gasteiger partial charge in [-0.05, 0) is 30.3 Å². The number of benzene rings is 1. The molecule has 0 aliphatic heterocycles. The maximum atomic E-state index is 8.59. The predicted molar refractivity (Wildman–Crippen MR) is 85.3 cm³/mol. The lowest BCUT2D eigenvalue weighted by Gasteiger charge is -2.05. The highest BCUT2D eigenvalue weighted by molar-refractivity contribution is 6.32. The molecule has 2 N–H and O–H groups in total. The molecular formula is C16H20ClNO4. The smallest absolute Gasteiger partial charge is 0.137 e. The highest BCUT2D eigenvalue weighted by Gasteiger charge is 2.08. The van der Waals surface area contributed by atoms with Crippen LogP contribution in [0.5, 0.6) is 5.75 Å². The number of aliphatic hydroxyl groups excluding tert-OH is 1. The number of methoxy groups -OCH3 is 1. The maximum Gasteiger partial charge on any atom is 0.137 e. The summed E-state index contributed by atoms with van der Waals surface area (Å²) in [5.74, 6) is 2.24. The second-order valence-corrected chi connectivity index (χ2v) is 5.04. The van der Waals surface area contributed by atoms with E-state index in [1.807, 2.05) is 30.3 Å². The molecule has 0 saturated heterocycles. The van der Waals surface area contributed by atoms with Gasteiger partial charge in [-0.15, -0.1) is 0 Å². The van der Waals surface area contributed by atoms with E-state index >= 15 is 0 Å². The van der Waals surface area contributed by atoms with Gasteiger partial charge in [0.15, 0.2) is 0 Å². The Morgan fingerprint density at radius 1 is 1.23 bits per heavy atom. The van der Waals surface area contributed by atoms with E-state index < -0.39 is 0 Å². The molecule has 0 aliphatic rings. The normalized spacial score (nSPS) is 10.9. The molecule has 0 spiro atoms. The molecule has 1 aromatic carbocycles. The van der Waals surface area contributed by atoms with Crippen molar-refractivity contribution >= 4 is 11.6 Å². The maximum absolute atomic E-state index is 8.59. The Balaban J connectivity index is 1.87. The summed E-state index contributed by atoms with van der Waals surface area (Å²) in [6.07, 6.45) is 0. The third-order valence-electron chi connectivity index (χ3n) is 3.06. The minimum atomic E-state index is 0.0476. The molecule has 120 valence electrons. The van der Waals surface area contributed by atoms with Crippen LogP contribution in [0.2, 0.25) is 5.02 Å². The number of hydrogen-bond donors (Lipinski definition) is 2. The van der Waals surface area contributed by atoms with Crippen LogP contribution in [0.1, 0.15) is 5.76 Å². The first kappa shape index (κ1) is 16.8. The first-order chi connectivity index (χ1) is 10.7. The van der Waals surface area contributed by atoms with Crippen molar-refractivity contribution in [3.05, 3.63) is 41.1 Å². The van der Waals surface area contributed by atoms with E-state index in [0.717, 1.165) is 17.1 Å². The van der Waals surface area contributed by atoms with Crippen LogP contribution in [0.4, 0.5) is 0 Å². The van der Waals surface area contributed by atoms with Crippen LogP contribution in [0, 0.1) is 0 Å². The number of nitrogens with one attached hydrogen (secondary N) is 1. The van der Waals surface area contributed by atoms with E-state index in [0.29, 0.717) is 37.1 Å². The average Bonchev–Trinajstić information content (AvgIpc) is 2.99. The lowest BCUT2D eigenvalue weighted by Crippen LogP contribution is -2.19. The molecule has 0 bridgehead atoms. The second-order valence-electron chi connectivity index (χ2n) is 4.63. The van der Waals surface area contributed by atoms with Gasteiger partial charge in [-0.3, -0.25) is 0 Å². The molecule has 0 amide bonds. The first-order valence-corrected chi connectivity index (χ1v) is 7.44. The van der Waals surface area contributed by atoms with Gasteiger partial charge in [-0.25, -0.2) is 0 Å². The summed E-state index contributed by atoms with van der Waals surface area (Å²) in [6.45, 7) is 2.29. The Bertz CT molecular complexity index is 585. The fourth-order valence-electron chi connectivity index (χ4n) is 1.97. The van der Waals surface area contributed by atoms with E-state index in [2.05, 4.69) is 5.32 Å². The van der Waals surface area contributed by atoms with Gasteiger partial charge in [0, 0.05) is 12.1 Å². The number of furan rings is 1. The summed E-state index contributed by atoms with van der Waals surface area (Å²) >= 11 is 6.12. The monoisotopic (exact) mass is 325 g/mol. The minimum Gasteiger partial charge on any atom is -0.495 e. The van der Waals surface area contributed by atoms with E-state index in [4.69, 9.17) is 30.6 Å². The SMILES string of the molecule is COc1ccc(-c2ccc(CNCCOCCO)o2)cc1Cl. The largest absolute Gasteiger partial charge is 0.495 e. The standard InChI is InChI=1S/C16H20ClNO4/c1-20-16-4-2-12(10-14(16)17)15-5-3-13(22-15)11-18-6-8-21-9-7-19/h2-5,10,18-19H,6-9,11H2,1H3. The van der Waals surface area contributed by atoms with Crippen molar-refractivity contribution in [3.63, 3.8) is 0 Å². The number of hydrogen-bond acceptors (Lipinski definition) is 5. The van der Waals surface area contributed by atoms with Gasteiger partial charge in [-0.1, -0.05) is 11.6 Å². The molecule has 1 aromatic heterocycles. The number of aliphatic hydroxyl groups is 1. The molecule has 2 rings (SSSR count). The highest BCUT2D eigenvalue weighted by atomic mass is 35.5. The van der Waals surface area contributed by atoms with Gasteiger partial charge < -0.3 is 24.3 Å². The summed E-state index contributed by atoms with van der Waals surface area (Å²) in [4.78, 5) is 0. The summed E-state index contributed by atoms with van der Waals surface area (Å²) in [7, 11) is 1.59. The fraction of sp³-hybridized carbons (Fsp3) is 0.375. The van der Waals surface area contributed by atoms with Crippen LogP contribution in [0.15, 0.2) is 34.7 Å². The number of ether oxygens (including phenoxy) is 2. The van der Waals surface area contributed by atoms with Crippen LogP contribution in [0.25, 0.3) is 11.3 Å². The quantitative estimate of drug-likeness (QED) is 0.694. The number of rotatable bonds is 9. The van der Waals surface area contributed by atoms with Gasteiger partial charge in [0.25, 0.3) is 0 Å². The van der Waals surface area contributed by atoms with E-state index in [9.17, 15) is 0 Å². The van der Waals surface area contributed by atoms with Crippen LogP contribution in [0.3, 0.4) is 0 Å². The van der Waals surface area contributed by atoms with Gasteiger partial charge in [-0.2, -0.15) is 0 Å². The predicted octanol–water partition coefficient (Wildman–Crippen LogP) is 2.71. The van der Waals surface area contributed by atoms with Crippen LogP contribution in [-0.4, -0.2) is 38.6 Å². The first-order valence-electron chi connectivity index (χ1n) is 7.06. The molecule has 0 unspecified atom stereocenters. The molecule has 0 atom stereocenters. The lowest BCUT2D eigenvalue weighted by molar-refractivity contribution is 0.0936. The van der Waals surface area contributed by atoms with Gasteiger partial charge in [0.1, 0.15) is 17.3 Å². The van der Waals surface area contributed by atoms with E-state index in [-0.39, 0.29) is 6.61 Å². The molecule has 22 heavy (non-hydrogen) atoms. The Morgan fingerprint density at radius 2 is 2.09 bits per heavy atom. The Kier molecular flexibility index (Phi) is 6.74. The molecule has 0 saturated carbocycles. The van der Waals surface area contributed by atoms with Gasteiger partial charge in [0.2, 0.25) is 0 Å². The zero-order valence-electron chi connectivity index (χ0n) is 12.5. The molecule has 6 heteroatoms. The molecule has 0 fully saturated rings. The molecule has 2 aromatic rings. The zero-order valence-corrected chi connectivity index (χ0v) is 13.2. The lowest BCUT2D eigenvalue weighted by atomic mass is 10.2. The molecule has 0 radical (unpaired) electrons. The highest BCUT2D eigenvalue weighted by Crippen LogP contribution is 2.30. The summed E-state index contributed by atoms with van der Waals surface area (Å²) in [5.41, 5.74) is 0.906. The molecule has 0 aliphatic carbocycles. The van der Waals surface area contributed by atoms with Crippen molar-refractivity contribution in [1.82, 2.24) is 5.32 Å². The number of halogens is 1. The summed E-state index contributed by atoms with van der Waals surface area (Å²) < 4.78 is 16.1. The van der Waals surface area contributed by atoms with Crippen LogP contribution < -0.4 is 10.1 Å². The molecule has 1 heterocycles. The Hall–Kier alpha value is -1.53. The van der Waals surface area contributed by atoms with Crippen LogP contribution >= 0.6 is 11.6 Å². The Labute approximate surface area is 134 Å². The zero-order chi connectivity index (χ0) is 15.8. The van der Waals surface area contributed by atoms with E-state index in [1.165, 1.54) is 0 Å². The minimum absolute atomic E-state index is 0.0476. The molecule has 5 nitrogen and oxygen atoms in total. The summed E-state index contributed by atoms with van der Waals surface area (Å²) in [5, 5.41) is 12.3. The van der Waals surface area contributed by atoms with Crippen molar-refractivity contribution in [2.24, 2.45) is 0 Å². The fourth-order valence-corrected chi connectivity index (χ4v) is 2.23. The van der Waals surface area contributed by atoms with Gasteiger partial charge in [0.05, 0.1) is 38.5 Å². The third kappa shape index (κ3) is 4.74.